The van der Waals surface area contributed by atoms with E-state index in [0.29, 0.717) is 0 Å². The molecule has 1 rings (SSSR count). The quantitative estimate of drug-likeness (QED) is 0.601. The molecule has 1 heterocycles. The van der Waals surface area contributed by atoms with Crippen LogP contribution in [-0.4, -0.2) is 52.9 Å². The van der Waals surface area contributed by atoms with E-state index < -0.39 is 42.6 Å². The highest BCUT2D eigenvalue weighted by atomic mass is 16.7. The van der Waals surface area contributed by atoms with Crippen molar-refractivity contribution in [3.05, 3.63) is 0 Å². The minimum atomic E-state index is -1.44. The minimum absolute atomic E-state index is 0.646. The third-order valence-corrected chi connectivity index (χ3v) is 2.38. The molecular formula is C10H16O7. The van der Waals surface area contributed by atoms with Crippen molar-refractivity contribution in [1.82, 2.24) is 0 Å². The molecule has 5 atom stereocenters. The SMILES string of the molecule is CC(=O)O[C@@H]1[C@@H](O)[C@H](C)OC(O)[C@@H]1OC(C)=O. The van der Waals surface area contributed by atoms with Gasteiger partial charge in [0.2, 0.25) is 0 Å². The Balaban J connectivity index is 2.86. The van der Waals surface area contributed by atoms with Gasteiger partial charge in [0.25, 0.3) is 0 Å². The van der Waals surface area contributed by atoms with E-state index in [2.05, 4.69) is 0 Å². The average Bonchev–Trinajstić information content (AvgIpc) is 2.19. The maximum atomic E-state index is 10.9. The fraction of sp³-hybridized carbons (Fsp3) is 0.800. The van der Waals surface area contributed by atoms with Gasteiger partial charge >= 0.3 is 11.9 Å². The molecule has 0 radical (unpaired) electrons. The summed E-state index contributed by atoms with van der Waals surface area (Å²) >= 11 is 0. The predicted molar refractivity (Wildman–Crippen MR) is 53.7 cm³/mol. The molecule has 7 nitrogen and oxygen atoms in total. The van der Waals surface area contributed by atoms with Crippen LogP contribution in [0.1, 0.15) is 20.8 Å². The number of hydrogen-bond donors (Lipinski definition) is 2. The van der Waals surface area contributed by atoms with Gasteiger partial charge in [-0.25, -0.2) is 0 Å². The first-order chi connectivity index (χ1) is 7.82. The van der Waals surface area contributed by atoms with Crippen molar-refractivity contribution < 1.29 is 34.0 Å². The van der Waals surface area contributed by atoms with Crippen LogP contribution in [0.2, 0.25) is 0 Å². The summed E-state index contributed by atoms with van der Waals surface area (Å²) in [6.07, 6.45) is -5.73. The smallest absolute Gasteiger partial charge is 0.303 e. The van der Waals surface area contributed by atoms with Crippen molar-refractivity contribution in [2.24, 2.45) is 0 Å². The molecule has 0 aromatic heterocycles. The van der Waals surface area contributed by atoms with Gasteiger partial charge in [0, 0.05) is 13.8 Å². The van der Waals surface area contributed by atoms with E-state index >= 15 is 0 Å². The normalized spacial score (nSPS) is 37.4. The minimum Gasteiger partial charge on any atom is -0.455 e. The highest BCUT2D eigenvalue weighted by molar-refractivity contribution is 5.67. The van der Waals surface area contributed by atoms with Crippen molar-refractivity contribution in [2.75, 3.05) is 0 Å². The number of hydrogen-bond acceptors (Lipinski definition) is 7. The summed E-state index contributed by atoms with van der Waals surface area (Å²) in [7, 11) is 0. The van der Waals surface area contributed by atoms with Gasteiger partial charge in [-0.2, -0.15) is 0 Å². The van der Waals surface area contributed by atoms with Crippen LogP contribution in [0.25, 0.3) is 0 Å². The zero-order chi connectivity index (χ0) is 13.2. The number of rotatable bonds is 2. The van der Waals surface area contributed by atoms with Crippen LogP contribution in [0.15, 0.2) is 0 Å². The Labute approximate surface area is 98.3 Å². The van der Waals surface area contributed by atoms with Gasteiger partial charge in [0.1, 0.15) is 6.10 Å². The monoisotopic (exact) mass is 248 g/mol. The molecule has 0 saturated carbocycles. The van der Waals surface area contributed by atoms with E-state index in [9.17, 15) is 19.8 Å². The van der Waals surface area contributed by atoms with E-state index in [1.165, 1.54) is 6.92 Å². The van der Waals surface area contributed by atoms with Crippen molar-refractivity contribution in [3.8, 4) is 0 Å². The standard InChI is InChI=1S/C10H16O7/c1-4-7(13)8(16-5(2)11)9(10(14)15-4)17-6(3)12/h4,7-10,13-14H,1-3H3/t4-,7-,8+,9+,10?/m0/s1. The second-order valence-corrected chi connectivity index (χ2v) is 3.87. The van der Waals surface area contributed by atoms with Crippen LogP contribution in [-0.2, 0) is 23.8 Å². The van der Waals surface area contributed by atoms with Crippen molar-refractivity contribution >= 4 is 11.9 Å². The Hall–Kier alpha value is -1.18. The highest BCUT2D eigenvalue weighted by Gasteiger charge is 2.47. The second kappa shape index (κ2) is 5.44. The van der Waals surface area contributed by atoms with Gasteiger partial charge in [-0.3, -0.25) is 9.59 Å². The molecular weight excluding hydrogens is 232 g/mol. The van der Waals surface area contributed by atoms with E-state index in [1.807, 2.05) is 0 Å². The van der Waals surface area contributed by atoms with Gasteiger partial charge in [0.15, 0.2) is 18.5 Å². The van der Waals surface area contributed by atoms with Crippen LogP contribution < -0.4 is 0 Å². The van der Waals surface area contributed by atoms with E-state index in [0.717, 1.165) is 13.8 Å². The summed E-state index contributed by atoms with van der Waals surface area (Å²) in [6, 6.07) is 0. The van der Waals surface area contributed by atoms with Crippen molar-refractivity contribution in [2.45, 2.75) is 51.5 Å². The predicted octanol–water partition coefficient (Wildman–Crippen LogP) is -1.05. The number of ether oxygens (including phenoxy) is 3. The lowest BCUT2D eigenvalue weighted by Crippen LogP contribution is -2.59. The zero-order valence-corrected chi connectivity index (χ0v) is 9.82. The molecule has 0 aromatic carbocycles. The second-order valence-electron chi connectivity index (χ2n) is 3.87. The number of carbonyl (C=O) groups is 2. The maximum Gasteiger partial charge on any atom is 0.303 e. The maximum absolute atomic E-state index is 10.9. The molecule has 1 aliphatic heterocycles. The topological polar surface area (TPSA) is 102 Å². The van der Waals surface area contributed by atoms with Crippen molar-refractivity contribution in [3.63, 3.8) is 0 Å². The lowest BCUT2D eigenvalue weighted by atomic mass is 9.99. The molecule has 0 aromatic rings. The summed E-state index contributed by atoms with van der Waals surface area (Å²) in [5, 5.41) is 19.4. The average molecular weight is 248 g/mol. The van der Waals surface area contributed by atoms with E-state index in [1.54, 1.807) is 0 Å². The first-order valence-electron chi connectivity index (χ1n) is 5.19. The first kappa shape index (κ1) is 13.9. The third-order valence-electron chi connectivity index (χ3n) is 2.38. The number of aliphatic hydroxyl groups excluding tert-OH is 2. The van der Waals surface area contributed by atoms with Gasteiger partial charge in [-0.05, 0) is 6.92 Å². The number of aliphatic hydroxyl groups is 2. The van der Waals surface area contributed by atoms with Gasteiger partial charge in [0.05, 0.1) is 6.10 Å². The van der Waals surface area contributed by atoms with Crippen LogP contribution >= 0.6 is 0 Å². The Morgan fingerprint density at radius 1 is 1.06 bits per heavy atom. The third kappa shape index (κ3) is 3.39. The molecule has 1 aliphatic rings. The van der Waals surface area contributed by atoms with E-state index in [-0.39, 0.29) is 0 Å². The molecule has 17 heavy (non-hydrogen) atoms. The molecule has 0 amide bonds. The van der Waals surface area contributed by atoms with Crippen LogP contribution in [0.5, 0.6) is 0 Å². The molecule has 1 saturated heterocycles. The lowest BCUT2D eigenvalue weighted by Gasteiger charge is -2.40. The Bertz CT molecular complexity index is 303. The molecule has 1 unspecified atom stereocenters. The molecule has 1 fully saturated rings. The number of carbonyl (C=O) groups excluding carboxylic acids is 2. The molecule has 0 spiro atoms. The van der Waals surface area contributed by atoms with Crippen molar-refractivity contribution in [1.29, 1.82) is 0 Å². The van der Waals surface area contributed by atoms with Crippen LogP contribution in [0.4, 0.5) is 0 Å². The Kier molecular flexibility index (Phi) is 4.44. The Morgan fingerprint density at radius 3 is 2.00 bits per heavy atom. The van der Waals surface area contributed by atoms with Crippen LogP contribution in [0, 0.1) is 0 Å². The van der Waals surface area contributed by atoms with Gasteiger partial charge in [-0.1, -0.05) is 0 Å². The van der Waals surface area contributed by atoms with Gasteiger partial charge in [-0.15, -0.1) is 0 Å². The molecule has 98 valence electrons. The summed E-state index contributed by atoms with van der Waals surface area (Å²) in [6.45, 7) is 3.81. The lowest BCUT2D eigenvalue weighted by molar-refractivity contribution is -0.285. The largest absolute Gasteiger partial charge is 0.455 e. The van der Waals surface area contributed by atoms with Gasteiger partial charge < -0.3 is 24.4 Å². The molecule has 0 aliphatic carbocycles. The summed E-state index contributed by atoms with van der Waals surface area (Å²) < 4.78 is 14.6. The Morgan fingerprint density at radius 2 is 1.53 bits per heavy atom. The number of esters is 2. The summed E-state index contributed by atoms with van der Waals surface area (Å²) in [5.74, 6) is -1.32. The zero-order valence-electron chi connectivity index (χ0n) is 9.82. The fourth-order valence-electron chi connectivity index (χ4n) is 1.65. The summed E-state index contributed by atoms with van der Waals surface area (Å²) in [5.41, 5.74) is 0. The fourth-order valence-corrected chi connectivity index (χ4v) is 1.65. The molecule has 0 bridgehead atoms. The first-order valence-corrected chi connectivity index (χ1v) is 5.19. The summed E-state index contributed by atoms with van der Waals surface area (Å²) in [4.78, 5) is 21.8. The molecule has 7 heteroatoms. The highest BCUT2D eigenvalue weighted by Crippen LogP contribution is 2.24. The van der Waals surface area contributed by atoms with Crippen LogP contribution in [0.3, 0.4) is 0 Å². The molecule has 2 N–H and O–H groups in total. The van der Waals surface area contributed by atoms with E-state index in [4.69, 9.17) is 14.2 Å².